The molecule has 0 bridgehead atoms. The number of nitrogens with two attached hydrogens (primary N) is 1. The monoisotopic (exact) mass is 343 g/mol. The lowest BCUT2D eigenvalue weighted by Crippen LogP contribution is -2.31. The van der Waals surface area contributed by atoms with Crippen LogP contribution in [-0.2, 0) is 21.8 Å². The normalized spacial score (nSPS) is 22.2. The van der Waals surface area contributed by atoms with E-state index >= 15 is 0 Å². The molecule has 0 saturated heterocycles. The number of primary amides is 1. The number of nitrogens with one attached hydrogen (secondary N) is 1. The molecule has 1 heterocycles. The molecular weight excluding hydrogens is 318 g/mol. The van der Waals surface area contributed by atoms with Crippen LogP contribution >= 0.6 is 0 Å². The van der Waals surface area contributed by atoms with E-state index in [2.05, 4.69) is 11.6 Å². The lowest BCUT2D eigenvalue weighted by Gasteiger charge is -2.28. The van der Waals surface area contributed by atoms with Crippen molar-refractivity contribution in [3.05, 3.63) is 18.0 Å². The van der Waals surface area contributed by atoms with Crippen LogP contribution in [0.3, 0.4) is 0 Å². The molecule has 1 aliphatic carbocycles. The van der Waals surface area contributed by atoms with Crippen LogP contribution in [0.5, 0.6) is 0 Å². The third-order valence-electron chi connectivity index (χ3n) is 4.30. The quantitative estimate of drug-likeness (QED) is 0.721. The zero-order valence-electron chi connectivity index (χ0n) is 13.6. The predicted molar refractivity (Wildman–Crippen MR) is 86.5 cm³/mol. The summed E-state index contributed by atoms with van der Waals surface area (Å²) < 4.78 is 34.1. The molecule has 23 heavy (non-hydrogen) atoms. The molecule has 2 atom stereocenters. The fourth-order valence-electron chi connectivity index (χ4n) is 2.93. The van der Waals surface area contributed by atoms with Crippen molar-refractivity contribution in [3.8, 4) is 0 Å². The summed E-state index contributed by atoms with van der Waals surface area (Å²) in [5.74, 6) is -0.142. The first kappa shape index (κ1) is 18.0. The number of hydrogen-bond acceptors (Lipinski definition) is 4. The molecule has 0 spiro atoms. The number of rotatable bonds is 7. The molecule has 7 nitrogen and oxygen atoms in total. The molecular formula is C15H25N3O4S. The van der Waals surface area contributed by atoms with E-state index in [-0.39, 0.29) is 23.2 Å². The van der Waals surface area contributed by atoms with Crippen LogP contribution in [0.15, 0.2) is 17.2 Å². The fourth-order valence-corrected chi connectivity index (χ4v) is 4.01. The minimum Gasteiger partial charge on any atom is -0.377 e. The Hall–Kier alpha value is -1.38. The maximum absolute atomic E-state index is 12.2. The van der Waals surface area contributed by atoms with Gasteiger partial charge in [0.25, 0.3) is 5.91 Å². The highest BCUT2D eigenvalue weighted by atomic mass is 32.2. The lowest BCUT2D eigenvalue weighted by molar-refractivity contribution is -0.00176. The van der Waals surface area contributed by atoms with Crippen LogP contribution in [0.1, 0.15) is 43.1 Å². The van der Waals surface area contributed by atoms with Gasteiger partial charge in [0, 0.05) is 19.8 Å². The molecule has 2 rings (SSSR count). The number of aryl methyl sites for hydroxylation is 1. The van der Waals surface area contributed by atoms with E-state index in [1.807, 2.05) is 0 Å². The summed E-state index contributed by atoms with van der Waals surface area (Å²) in [6.45, 7) is 2.71. The Bertz CT molecular complexity index is 654. The number of carbonyl (C=O) groups excluding carboxylic acids is 1. The van der Waals surface area contributed by atoms with E-state index in [9.17, 15) is 13.2 Å². The summed E-state index contributed by atoms with van der Waals surface area (Å²) in [6, 6.07) is 1.27. The Labute approximate surface area is 137 Å². The van der Waals surface area contributed by atoms with Crippen molar-refractivity contribution in [3.63, 3.8) is 0 Å². The molecule has 0 aliphatic heterocycles. The Balaban J connectivity index is 1.86. The number of aromatic nitrogens is 1. The van der Waals surface area contributed by atoms with Gasteiger partial charge in [-0.05, 0) is 24.8 Å². The molecule has 1 amide bonds. The zero-order valence-corrected chi connectivity index (χ0v) is 14.4. The van der Waals surface area contributed by atoms with Gasteiger partial charge in [-0.3, -0.25) is 4.79 Å². The second kappa shape index (κ2) is 7.46. The molecule has 1 aromatic rings. The molecule has 0 radical (unpaired) electrons. The number of sulfonamides is 1. The van der Waals surface area contributed by atoms with Crippen molar-refractivity contribution in [2.75, 3.05) is 13.2 Å². The number of carbonyl (C=O) groups is 1. The second-order valence-corrected chi connectivity index (χ2v) is 7.87. The Morgan fingerprint density at radius 2 is 2.13 bits per heavy atom. The summed E-state index contributed by atoms with van der Waals surface area (Å²) in [4.78, 5) is 11.2. The van der Waals surface area contributed by atoms with Crippen LogP contribution in [0.4, 0.5) is 0 Å². The summed E-state index contributed by atoms with van der Waals surface area (Å²) >= 11 is 0. The van der Waals surface area contributed by atoms with Gasteiger partial charge in [-0.1, -0.05) is 19.8 Å². The molecule has 1 aliphatic rings. The molecule has 1 fully saturated rings. The van der Waals surface area contributed by atoms with Crippen molar-refractivity contribution in [2.24, 2.45) is 18.7 Å². The first-order valence-corrected chi connectivity index (χ1v) is 9.37. The number of ether oxygens (including phenoxy) is 1. The third-order valence-corrected chi connectivity index (χ3v) is 5.73. The molecule has 1 aromatic heterocycles. The first-order chi connectivity index (χ1) is 10.8. The van der Waals surface area contributed by atoms with Crippen LogP contribution < -0.4 is 10.5 Å². The lowest BCUT2D eigenvalue weighted by atomic mass is 9.88. The highest BCUT2D eigenvalue weighted by Gasteiger charge is 2.22. The minimum atomic E-state index is -3.67. The van der Waals surface area contributed by atoms with Gasteiger partial charge in [-0.25, -0.2) is 13.1 Å². The van der Waals surface area contributed by atoms with Crippen molar-refractivity contribution in [2.45, 2.75) is 43.6 Å². The smallest absolute Gasteiger partial charge is 0.265 e. The topological polar surface area (TPSA) is 103 Å². The maximum Gasteiger partial charge on any atom is 0.265 e. The first-order valence-electron chi connectivity index (χ1n) is 7.88. The van der Waals surface area contributed by atoms with Crippen molar-refractivity contribution in [1.29, 1.82) is 0 Å². The molecule has 130 valence electrons. The SMILES string of the molecule is C[C@H]1CCCC[C@@H]1OCCNS(=O)(=O)c1cc(C(N)=O)n(C)c1. The molecule has 0 unspecified atom stereocenters. The Morgan fingerprint density at radius 3 is 2.74 bits per heavy atom. The summed E-state index contributed by atoms with van der Waals surface area (Å²) in [6.07, 6.45) is 6.19. The average Bonchev–Trinajstić information content (AvgIpc) is 2.88. The van der Waals surface area contributed by atoms with Crippen molar-refractivity contribution in [1.82, 2.24) is 9.29 Å². The molecule has 3 N–H and O–H groups in total. The molecule has 0 aromatic carbocycles. The van der Waals surface area contributed by atoms with E-state index < -0.39 is 15.9 Å². The van der Waals surface area contributed by atoms with Gasteiger partial charge in [-0.2, -0.15) is 0 Å². The maximum atomic E-state index is 12.2. The molecule has 8 heteroatoms. The van der Waals surface area contributed by atoms with Crippen molar-refractivity contribution < 1.29 is 17.9 Å². The molecule has 1 saturated carbocycles. The van der Waals surface area contributed by atoms with E-state index in [4.69, 9.17) is 10.5 Å². The highest BCUT2D eigenvalue weighted by molar-refractivity contribution is 7.89. The Morgan fingerprint density at radius 1 is 1.43 bits per heavy atom. The van der Waals surface area contributed by atoms with Gasteiger partial charge in [0.05, 0.1) is 12.7 Å². The number of amides is 1. The van der Waals surface area contributed by atoms with Gasteiger partial charge in [-0.15, -0.1) is 0 Å². The number of nitrogens with zero attached hydrogens (tertiary/aromatic N) is 1. The van der Waals surface area contributed by atoms with Gasteiger partial charge in [0.2, 0.25) is 10.0 Å². The van der Waals surface area contributed by atoms with E-state index in [1.165, 1.54) is 29.7 Å². The average molecular weight is 343 g/mol. The van der Waals surface area contributed by atoms with Crippen LogP contribution in [0.25, 0.3) is 0 Å². The van der Waals surface area contributed by atoms with Crippen LogP contribution in [-0.4, -0.2) is 38.1 Å². The summed E-state index contributed by atoms with van der Waals surface area (Å²) in [7, 11) is -2.09. The van der Waals surface area contributed by atoms with E-state index in [1.54, 1.807) is 7.05 Å². The largest absolute Gasteiger partial charge is 0.377 e. The van der Waals surface area contributed by atoms with Gasteiger partial charge < -0.3 is 15.0 Å². The third kappa shape index (κ3) is 4.55. The predicted octanol–water partition coefficient (Wildman–Crippen LogP) is 0.998. The summed E-state index contributed by atoms with van der Waals surface area (Å²) in [5.41, 5.74) is 5.34. The van der Waals surface area contributed by atoms with Gasteiger partial charge in [0.15, 0.2) is 0 Å². The van der Waals surface area contributed by atoms with E-state index in [0.717, 1.165) is 12.8 Å². The van der Waals surface area contributed by atoms with Gasteiger partial charge >= 0.3 is 0 Å². The zero-order chi connectivity index (χ0) is 17.0. The standard InChI is InChI=1S/C15H25N3O4S/c1-11-5-3-4-6-14(11)22-8-7-17-23(20,21)12-9-13(15(16)19)18(2)10-12/h9-11,14,17H,3-8H2,1-2H3,(H2,16,19)/t11-,14-/m0/s1. The van der Waals surface area contributed by atoms with E-state index in [0.29, 0.717) is 12.5 Å². The second-order valence-electron chi connectivity index (χ2n) is 6.10. The fraction of sp³-hybridized carbons (Fsp3) is 0.667. The number of hydrogen-bond donors (Lipinski definition) is 2. The minimum absolute atomic E-state index is 0.0276. The Kier molecular flexibility index (Phi) is 5.83. The van der Waals surface area contributed by atoms with Crippen LogP contribution in [0.2, 0.25) is 0 Å². The van der Waals surface area contributed by atoms with Crippen molar-refractivity contribution >= 4 is 15.9 Å². The highest BCUT2D eigenvalue weighted by Crippen LogP contribution is 2.26. The van der Waals surface area contributed by atoms with Crippen LogP contribution in [0, 0.1) is 5.92 Å². The van der Waals surface area contributed by atoms with Gasteiger partial charge in [0.1, 0.15) is 10.6 Å². The summed E-state index contributed by atoms with van der Waals surface area (Å²) in [5, 5.41) is 0.